The number of aryl methyl sites for hydroxylation is 2. The summed E-state index contributed by atoms with van der Waals surface area (Å²) in [6, 6.07) is -0.172. The Balaban J connectivity index is 1.91. The average Bonchev–Trinajstić information content (AvgIpc) is 3.19. The molecule has 2 amide bonds. The highest BCUT2D eigenvalue weighted by Gasteiger charge is 2.45. The van der Waals surface area contributed by atoms with Crippen molar-refractivity contribution in [2.45, 2.75) is 33.2 Å². The standard InChI is InChI=1S/C16H21N5O3/c1-5-21-13(22)6-11(14(21)12-8-18-20(4)10(12)3)15(23)19-16-17-7-9(2)24-16/h7-8,11,14H,5-6H2,1-4H3,(H,17,19,23)/t11-,14-/m0/s1. The van der Waals surface area contributed by atoms with E-state index in [0.29, 0.717) is 12.3 Å². The van der Waals surface area contributed by atoms with E-state index in [0.717, 1.165) is 11.3 Å². The van der Waals surface area contributed by atoms with Gasteiger partial charge in [0.2, 0.25) is 11.8 Å². The van der Waals surface area contributed by atoms with Crippen LogP contribution in [0.25, 0.3) is 0 Å². The van der Waals surface area contributed by atoms with Crippen LogP contribution >= 0.6 is 0 Å². The lowest BCUT2D eigenvalue weighted by Gasteiger charge is -2.26. The molecule has 1 fully saturated rings. The first-order valence-electron chi connectivity index (χ1n) is 7.93. The lowest BCUT2D eigenvalue weighted by Crippen LogP contribution is -2.32. The highest BCUT2D eigenvalue weighted by Crippen LogP contribution is 2.39. The lowest BCUT2D eigenvalue weighted by atomic mass is 9.93. The van der Waals surface area contributed by atoms with Crippen molar-refractivity contribution in [3.63, 3.8) is 0 Å². The number of nitrogens with zero attached hydrogens (tertiary/aromatic N) is 4. The van der Waals surface area contributed by atoms with Crippen LogP contribution in [0.5, 0.6) is 0 Å². The van der Waals surface area contributed by atoms with Gasteiger partial charge in [0.1, 0.15) is 5.76 Å². The number of anilines is 1. The van der Waals surface area contributed by atoms with E-state index in [2.05, 4.69) is 15.4 Å². The normalized spacial score (nSPS) is 20.7. The molecule has 24 heavy (non-hydrogen) atoms. The van der Waals surface area contributed by atoms with Gasteiger partial charge in [-0.1, -0.05) is 0 Å². The maximum Gasteiger partial charge on any atom is 0.301 e. The molecule has 1 aliphatic heterocycles. The molecule has 2 aromatic heterocycles. The van der Waals surface area contributed by atoms with E-state index in [4.69, 9.17) is 4.42 Å². The third-order valence-electron chi connectivity index (χ3n) is 4.55. The summed E-state index contributed by atoms with van der Waals surface area (Å²) in [6.45, 7) is 6.14. The zero-order valence-corrected chi connectivity index (χ0v) is 14.2. The van der Waals surface area contributed by atoms with Crippen molar-refractivity contribution >= 4 is 17.8 Å². The molecule has 8 nitrogen and oxygen atoms in total. The van der Waals surface area contributed by atoms with E-state index >= 15 is 0 Å². The quantitative estimate of drug-likeness (QED) is 0.918. The Morgan fingerprint density at radius 3 is 2.71 bits per heavy atom. The summed E-state index contributed by atoms with van der Waals surface area (Å²) in [4.78, 5) is 30.8. The largest absolute Gasteiger partial charge is 0.429 e. The second kappa shape index (κ2) is 6.10. The number of aromatic nitrogens is 3. The highest BCUT2D eigenvalue weighted by molar-refractivity contribution is 5.96. The smallest absolute Gasteiger partial charge is 0.301 e. The molecule has 2 aromatic rings. The van der Waals surface area contributed by atoms with Crippen molar-refractivity contribution in [1.29, 1.82) is 0 Å². The summed E-state index contributed by atoms with van der Waals surface area (Å²) in [7, 11) is 1.84. The summed E-state index contributed by atoms with van der Waals surface area (Å²) in [5.74, 6) is -0.195. The van der Waals surface area contributed by atoms with E-state index in [1.807, 2.05) is 20.9 Å². The minimum absolute atomic E-state index is 0.0329. The number of likely N-dealkylation sites (tertiary alicyclic amines) is 1. The molecular weight excluding hydrogens is 310 g/mol. The molecule has 0 aromatic carbocycles. The fourth-order valence-electron chi connectivity index (χ4n) is 3.20. The molecule has 0 radical (unpaired) electrons. The minimum atomic E-state index is -0.507. The molecule has 3 rings (SSSR count). The molecule has 0 unspecified atom stereocenters. The van der Waals surface area contributed by atoms with E-state index in [-0.39, 0.29) is 30.3 Å². The summed E-state index contributed by atoms with van der Waals surface area (Å²) in [5.41, 5.74) is 1.84. The minimum Gasteiger partial charge on any atom is -0.429 e. The summed E-state index contributed by atoms with van der Waals surface area (Å²) in [5, 5.41) is 6.92. The predicted octanol–water partition coefficient (Wildman–Crippen LogP) is 1.57. The first-order valence-corrected chi connectivity index (χ1v) is 7.93. The lowest BCUT2D eigenvalue weighted by molar-refractivity contribution is -0.129. The van der Waals surface area contributed by atoms with Gasteiger partial charge in [-0.2, -0.15) is 5.10 Å². The number of amides is 2. The van der Waals surface area contributed by atoms with Crippen molar-refractivity contribution in [3.8, 4) is 0 Å². The Labute approximate surface area is 139 Å². The van der Waals surface area contributed by atoms with Gasteiger partial charge in [0.05, 0.1) is 24.4 Å². The van der Waals surface area contributed by atoms with Crippen molar-refractivity contribution in [1.82, 2.24) is 19.7 Å². The SMILES string of the molecule is CCN1C(=O)C[C@H](C(=O)Nc2ncc(C)o2)[C@H]1c1cnn(C)c1C. The van der Waals surface area contributed by atoms with Gasteiger partial charge < -0.3 is 9.32 Å². The molecule has 0 spiro atoms. The van der Waals surface area contributed by atoms with Crippen LogP contribution in [0.15, 0.2) is 16.8 Å². The van der Waals surface area contributed by atoms with E-state index < -0.39 is 5.92 Å². The van der Waals surface area contributed by atoms with Gasteiger partial charge >= 0.3 is 6.01 Å². The Kier molecular flexibility index (Phi) is 4.13. The maximum absolute atomic E-state index is 12.7. The number of hydrogen-bond donors (Lipinski definition) is 1. The topological polar surface area (TPSA) is 93.3 Å². The highest BCUT2D eigenvalue weighted by atomic mass is 16.4. The van der Waals surface area contributed by atoms with Gasteiger partial charge in [0.25, 0.3) is 0 Å². The van der Waals surface area contributed by atoms with Gasteiger partial charge in [0.15, 0.2) is 0 Å². The number of carbonyl (C=O) groups is 2. The molecule has 1 aliphatic rings. The summed E-state index contributed by atoms with van der Waals surface area (Å²) >= 11 is 0. The molecule has 1 N–H and O–H groups in total. The van der Waals surface area contributed by atoms with Crippen molar-refractivity contribution in [2.24, 2.45) is 13.0 Å². The van der Waals surface area contributed by atoms with Gasteiger partial charge in [-0.05, 0) is 20.8 Å². The molecule has 0 saturated carbocycles. The summed E-state index contributed by atoms with van der Waals surface area (Å²) < 4.78 is 7.05. The number of oxazole rings is 1. The van der Waals surface area contributed by atoms with E-state index in [1.54, 1.807) is 22.7 Å². The third kappa shape index (κ3) is 2.68. The van der Waals surface area contributed by atoms with Gasteiger partial charge in [-0.15, -0.1) is 0 Å². The number of rotatable bonds is 4. The van der Waals surface area contributed by atoms with E-state index in [9.17, 15) is 9.59 Å². The van der Waals surface area contributed by atoms with Gasteiger partial charge in [-0.3, -0.25) is 19.6 Å². The second-order valence-electron chi connectivity index (χ2n) is 6.01. The first kappa shape index (κ1) is 16.2. The van der Waals surface area contributed by atoms with Crippen LogP contribution in [0.2, 0.25) is 0 Å². The fourth-order valence-corrected chi connectivity index (χ4v) is 3.20. The number of carbonyl (C=O) groups excluding carboxylic acids is 2. The number of hydrogen-bond acceptors (Lipinski definition) is 5. The number of nitrogens with one attached hydrogen (secondary N) is 1. The molecule has 0 aliphatic carbocycles. The Morgan fingerprint density at radius 1 is 1.42 bits per heavy atom. The van der Waals surface area contributed by atoms with Crippen LogP contribution in [0, 0.1) is 19.8 Å². The van der Waals surface area contributed by atoms with Crippen LogP contribution in [-0.4, -0.2) is 38.0 Å². The Bertz CT molecular complexity index is 779. The van der Waals surface area contributed by atoms with Gasteiger partial charge in [0, 0.05) is 31.3 Å². The zero-order valence-electron chi connectivity index (χ0n) is 14.2. The molecule has 3 heterocycles. The first-order chi connectivity index (χ1) is 11.4. The van der Waals surface area contributed by atoms with E-state index in [1.165, 1.54) is 6.20 Å². The fraction of sp³-hybridized carbons (Fsp3) is 0.500. The van der Waals surface area contributed by atoms with Crippen molar-refractivity contribution in [2.75, 3.05) is 11.9 Å². The van der Waals surface area contributed by atoms with Crippen LogP contribution in [-0.2, 0) is 16.6 Å². The van der Waals surface area contributed by atoms with Crippen LogP contribution in [0.1, 0.15) is 36.4 Å². The summed E-state index contributed by atoms with van der Waals surface area (Å²) in [6.07, 6.45) is 3.44. The Hall–Kier alpha value is -2.64. The predicted molar refractivity (Wildman–Crippen MR) is 86.0 cm³/mol. The maximum atomic E-state index is 12.7. The second-order valence-corrected chi connectivity index (χ2v) is 6.01. The third-order valence-corrected chi connectivity index (χ3v) is 4.55. The van der Waals surface area contributed by atoms with Crippen molar-refractivity contribution in [3.05, 3.63) is 29.4 Å². The molecule has 0 bridgehead atoms. The molecule has 8 heteroatoms. The monoisotopic (exact) mass is 331 g/mol. The Morgan fingerprint density at radius 2 is 2.17 bits per heavy atom. The van der Waals surface area contributed by atoms with Crippen LogP contribution in [0.4, 0.5) is 6.01 Å². The van der Waals surface area contributed by atoms with Crippen LogP contribution < -0.4 is 5.32 Å². The zero-order chi connectivity index (χ0) is 17.4. The molecule has 1 saturated heterocycles. The average molecular weight is 331 g/mol. The van der Waals surface area contributed by atoms with Crippen LogP contribution in [0.3, 0.4) is 0 Å². The molecular formula is C16H21N5O3. The molecule has 2 atom stereocenters. The van der Waals surface area contributed by atoms with Gasteiger partial charge in [-0.25, -0.2) is 4.98 Å². The van der Waals surface area contributed by atoms with Crippen molar-refractivity contribution < 1.29 is 14.0 Å². The molecule has 128 valence electrons.